The Labute approximate surface area is 193 Å². The van der Waals surface area contributed by atoms with Crippen LogP contribution in [0, 0.1) is 6.92 Å². The fourth-order valence-electron chi connectivity index (χ4n) is 4.37. The molecule has 0 bridgehead atoms. The first-order valence-electron chi connectivity index (χ1n) is 10.8. The summed E-state index contributed by atoms with van der Waals surface area (Å²) in [7, 11) is 1.60. The average Bonchev–Trinajstić information content (AvgIpc) is 3.44. The van der Waals surface area contributed by atoms with Crippen molar-refractivity contribution in [3.05, 3.63) is 56.1 Å². The van der Waals surface area contributed by atoms with Crippen molar-refractivity contribution < 1.29 is 14.7 Å². The summed E-state index contributed by atoms with van der Waals surface area (Å²) in [5.41, 5.74) is 2.40. The first-order chi connectivity index (χ1) is 15.7. The van der Waals surface area contributed by atoms with E-state index in [9.17, 15) is 14.7 Å². The minimum atomic E-state index is -1.14. The number of hydrogen-bond donors (Lipinski definition) is 2. The van der Waals surface area contributed by atoms with Crippen molar-refractivity contribution in [1.29, 1.82) is 0 Å². The van der Waals surface area contributed by atoms with Gasteiger partial charge >= 0.3 is 0 Å². The first-order valence-corrected chi connectivity index (χ1v) is 11.6. The van der Waals surface area contributed by atoms with Gasteiger partial charge in [0.05, 0.1) is 27.9 Å². The highest BCUT2D eigenvalue weighted by molar-refractivity contribution is 7.19. The van der Waals surface area contributed by atoms with Crippen molar-refractivity contribution in [1.82, 2.24) is 24.8 Å². The lowest BCUT2D eigenvalue weighted by molar-refractivity contribution is -0.0796. The molecule has 9 nitrogen and oxygen atoms in total. The Bertz CT molecular complexity index is 1470. The van der Waals surface area contributed by atoms with Gasteiger partial charge in [-0.1, -0.05) is 6.92 Å². The molecule has 1 saturated heterocycles. The molecule has 0 aromatic carbocycles. The van der Waals surface area contributed by atoms with Crippen LogP contribution in [0.4, 0.5) is 0 Å². The molecule has 2 N–H and O–H groups in total. The van der Waals surface area contributed by atoms with E-state index in [2.05, 4.69) is 15.1 Å². The number of β-amino-alcohol motifs (C(OH)–C–C–N with tert-alkyl or cyclic N) is 1. The van der Waals surface area contributed by atoms with Gasteiger partial charge in [0.2, 0.25) is 0 Å². The molecule has 0 unspecified atom stereocenters. The number of amides is 1. The van der Waals surface area contributed by atoms with E-state index in [0.29, 0.717) is 23.8 Å². The minimum absolute atomic E-state index is 0.0170. The second kappa shape index (κ2) is 7.75. The number of rotatable bonds is 4. The Balaban J connectivity index is 1.73. The van der Waals surface area contributed by atoms with Crippen LogP contribution in [0.5, 0.6) is 0 Å². The van der Waals surface area contributed by atoms with Crippen molar-refractivity contribution in [3.63, 3.8) is 0 Å². The molecule has 1 atom stereocenters. The Hall–Kier alpha value is -3.08. The molecule has 5 rings (SSSR count). The number of carbonyl (C=O) groups excluding carboxylic acids is 1. The molecule has 33 heavy (non-hydrogen) atoms. The molecule has 1 aliphatic heterocycles. The van der Waals surface area contributed by atoms with Crippen molar-refractivity contribution in [2.75, 3.05) is 13.2 Å². The Morgan fingerprint density at radius 3 is 2.91 bits per heavy atom. The van der Waals surface area contributed by atoms with Crippen LogP contribution in [0.25, 0.3) is 21.1 Å². The van der Waals surface area contributed by atoms with Crippen molar-refractivity contribution in [3.8, 4) is 0 Å². The number of H-pyrrole nitrogens is 1. The smallest absolute Gasteiger partial charge is 0.279 e. The lowest BCUT2D eigenvalue weighted by atomic mass is 10.0. The van der Waals surface area contributed by atoms with Crippen molar-refractivity contribution in [2.24, 2.45) is 7.05 Å². The Morgan fingerprint density at radius 1 is 1.42 bits per heavy atom. The van der Waals surface area contributed by atoms with E-state index in [1.165, 1.54) is 21.1 Å². The van der Waals surface area contributed by atoms with Gasteiger partial charge in [-0.05, 0) is 38.0 Å². The average molecular weight is 468 g/mol. The largest absolute Gasteiger partial charge is 0.386 e. The molecule has 1 fully saturated rings. The molecule has 0 spiro atoms. The molecule has 10 heteroatoms. The van der Waals surface area contributed by atoms with Crippen LogP contribution in [0.3, 0.4) is 0 Å². The monoisotopic (exact) mass is 467 g/mol. The van der Waals surface area contributed by atoms with Crippen LogP contribution in [0.15, 0.2) is 23.1 Å². The van der Waals surface area contributed by atoms with Gasteiger partial charge in [-0.15, -0.1) is 11.3 Å². The number of aromatic nitrogens is 4. The maximum Gasteiger partial charge on any atom is 0.279 e. The lowest BCUT2D eigenvalue weighted by Crippen LogP contribution is -2.35. The van der Waals surface area contributed by atoms with Gasteiger partial charge in [-0.25, -0.2) is 14.7 Å². The molecule has 4 aromatic rings. The third kappa shape index (κ3) is 3.54. The molecular formula is C23H25N5O4S. The van der Waals surface area contributed by atoms with Gasteiger partial charge in [0.1, 0.15) is 17.9 Å². The predicted molar refractivity (Wildman–Crippen MR) is 125 cm³/mol. The minimum Gasteiger partial charge on any atom is -0.386 e. The van der Waals surface area contributed by atoms with Crippen molar-refractivity contribution >= 4 is 38.4 Å². The number of pyridine rings is 1. The fourth-order valence-corrected chi connectivity index (χ4v) is 5.71. The van der Waals surface area contributed by atoms with Crippen LogP contribution in [-0.2, 0) is 24.7 Å². The number of fused-ring (bicyclic) bond motifs is 2. The summed E-state index contributed by atoms with van der Waals surface area (Å²) >= 11 is 1.42. The molecule has 0 radical (unpaired) electrons. The highest BCUT2D eigenvalue weighted by atomic mass is 32.1. The van der Waals surface area contributed by atoms with Crippen LogP contribution < -0.4 is 5.56 Å². The second-order valence-corrected chi connectivity index (χ2v) is 9.86. The predicted octanol–water partition coefficient (Wildman–Crippen LogP) is 2.47. The highest BCUT2D eigenvalue weighted by Gasteiger charge is 2.38. The Morgan fingerprint density at radius 2 is 2.21 bits per heavy atom. The summed E-state index contributed by atoms with van der Waals surface area (Å²) in [6.45, 7) is 5.62. The molecule has 4 aromatic heterocycles. The van der Waals surface area contributed by atoms with Gasteiger partial charge in [0.15, 0.2) is 0 Å². The molecule has 1 aliphatic rings. The van der Waals surface area contributed by atoms with Gasteiger partial charge in [0, 0.05) is 35.6 Å². The zero-order chi connectivity index (χ0) is 23.5. The van der Waals surface area contributed by atoms with Crippen LogP contribution in [-0.4, -0.2) is 54.6 Å². The third-order valence-electron chi connectivity index (χ3n) is 6.04. The number of hydroxylamine groups is 2. The second-order valence-electron chi connectivity index (χ2n) is 8.75. The van der Waals surface area contributed by atoms with E-state index < -0.39 is 11.5 Å². The normalized spacial score (nSPS) is 18.6. The van der Waals surface area contributed by atoms with Gasteiger partial charge < -0.3 is 10.1 Å². The van der Waals surface area contributed by atoms with E-state index >= 15 is 0 Å². The fraction of sp³-hybridized carbons (Fsp3) is 0.391. The number of carbonyl (C=O) groups is 1. The molecule has 5 heterocycles. The Kier molecular flexibility index (Phi) is 5.11. The number of aliphatic hydroxyl groups is 1. The summed E-state index contributed by atoms with van der Waals surface area (Å²) in [4.78, 5) is 40.8. The molecule has 0 saturated carbocycles. The summed E-state index contributed by atoms with van der Waals surface area (Å²) < 4.78 is 2.01. The summed E-state index contributed by atoms with van der Waals surface area (Å²) in [6, 6.07) is 3.87. The number of aryl methyl sites for hydroxylation is 3. The number of hydrogen-bond acceptors (Lipinski definition) is 7. The number of aromatic amines is 1. The van der Waals surface area contributed by atoms with Crippen molar-refractivity contribution in [2.45, 2.75) is 39.2 Å². The topological polar surface area (TPSA) is 113 Å². The zero-order valence-electron chi connectivity index (χ0n) is 18.9. The summed E-state index contributed by atoms with van der Waals surface area (Å²) in [5.74, 6) is -0.421. The molecule has 1 amide bonds. The number of thiophene rings is 1. The van der Waals surface area contributed by atoms with Crippen LogP contribution in [0.1, 0.15) is 46.0 Å². The number of nitrogens with one attached hydrogen (secondary N) is 1. The third-order valence-corrected chi connectivity index (χ3v) is 7.28. The molecule has 0 aliphatic carbocycles. The van der Waals surface area contributed by atoms with E-state index in [-0.39, 0.29) is 18.7 Å². The maximum atomic E-state index is 13.7. The zero-order valence-corrected chi connectivity index (χ0v) is 19.7. The van der Waals surface area contributed by atoms with E-state index in [1.807, 2.05) is 26.0 Å². The highest BCUT2D eigenvalue weighted by Crippen LogP contribution is 2.36. The molecular weight excluding hydrogens is 442 g/mol. The van der Waals surface area contributed by atoms with E-state index in [1.54, 1.807) is 20.2 Å². The quantitative estimate of drug-likeness (QED) is 0.477. The first kappa shape index (κ1) is 21.7. The van der Waals surface area contributed by atoms with Crippen LogP contribution >= 0.6 is 11.3 Å². The number of nitrogens with zero attached hydrogens (tertiary/aromatic N) is 4. The van der Waals surface area contributed by atoms with E-state index in [0.717, 1.165) is 37.6 Å². The summed E-state index contributed by atoms with van der Waals surface area (Å²) in [5, 5.41) is 17.3. The maximum absolute atomic E-state index is 13.7. The van der Waals surface area contributed by atoms with Gasteiger partial charge in [-0.2, -0.15) is 5.10 Å². The molecule has 172 valence electrons. The standard InChI is InChI=1S/C23H25N5O4S/c1-5-15-19-18(21(29)27(4)26-15)17(22(30)28-10-23(3,31)11-32-28)16(33-19)9-14-12(2)25-20-13(14)7-6-8-24-20/h6-8,31H,5,9-11H2,1-4H3,(H,24,25)/t23-/m0/s1. The van der Waals surface area contributed by atoms with Crippen LogP contribution in [0.2, 0.25) is 0 Å². The SMILES string of the molecule is CCc1nn(C)c(=O)c2c(C(=O)N3C[C@](C)(O)CO3)c(Cc3c(C)[nH]c4ncccc34)sc12. The van der Waals surface area contributed by atoms with Gasteiger partial charge in [-0.3, -0.25) is 14.4 Å². The summed E-state index contributed by atoms with van der Waals surface area (Å²) in [6.07, 6.45) is 2.81. The van der Waals surface area contributed by atoms with E-state index in [4.69, 9.17) is 4.84 Å². The van der Waals surface area contributed by atoms with Gasteiger partial charge in [0.25, 0.3) is 11.5 Å². The lowest BCUT2D eigenvalue weighted by Gasteiger charge is -2.16.